The highest BCUT2D eigenvalue weighted by atomic mass is 35.5. The molecule has 56 valence electrons. The van der Waals surface area contributed by atoms with Crippen LogP contribution < -0.4 is 0 Å². The van der Waals surface area contributed by atoms with Crippen molar-refractivity contribution in [3.05, 3.63) is 0 Å². The third-order valence-electron chi connectivity index (χ3n) is 2.20. The number of carbonyl (C=O) groups is 1. The van der Waals surface area contributed by atoms with E-state index in [2.05, 4.69) is 0 Å². The van der Waals surface area contributed by atoms with Crippen molar-refractivity contribution >= 4 is 29.1 Å². The van der Waals surface area contributed by atoms with Crippen molar-refractivity contribution in [2.75, 3.05) is 0 Å². The third-order valence-corrected chi connectivity index (χ3v) is 4.54. The number of fused-ring (bicyclic) bond motifs is 2. The van der Waals surface area contributed by atoms with Crippen LogP contribution in [0.2, 0.25) is 0 Å². The molecule has 1 nitrogen and oxygen atoms in total. The Morgan fingerprint density at radius 3 is 3.10 bits per heavy atom. The summed E-state index contributed by atoms with van der Waals surface area (Å²) in [5.74, 6) is 0.271. The van der Waals surface area contributed by atoms with E-state index in [0.717, 1.165) is 12.8 Å². The topological polar surface area (TPSA) is 17.1 Å². The zero-order valence-corrected chi connectivity index (χ0v) is 7.12. The molecule has 3 unspecified atom stereocenters. The Bertz CT molecular complexity index is 171. The Hall–Kier alpha value is 0.310. The van der Waals surface area contributed by atoms with E-state index in [1.807, 2.05) is 11.8 Å². The highest BCUT2D eigenvalue weighted by Gasteiger charge is 2.40. The summed E-state index contributed by atoms with van der Waals surface area (Å²) in [6.07, 6.45) is 3.06. The van der Waals surface area contributed by atoms with Crippen molar-refractivity contribution < 1.29 is 4.79 Å². The van der Waals surface area contributed by atoms with Gasteiger partial charge < -0.3 is 0 Å². The maximum absolute atomic E-state index is 11.1. The van der Waals surface area contributed by atoms with Crippen molar-refractivity contribution in [1.82, 2.24) is 0 Å². The molecule has 2 fully saturated rings. The van der Waals surface area contributed by atoms with Crippen molar-refractivity contribution in [2.24, 2.45) is 0 Å². The third kappa shape index (κ3) is 0.978. The summed E-state index contributed by atoms with van der Waals surface area (Å²) in [7, 11) is 0. The minimum Gasteiger partial charge on any atom is -0.298 e. The van der Waals surface area contributed by atoms with Crippen LogP contribution in [-0.2, 0) is 4.79 Å². The van der Waals surface area contributed by atoms with Gasteiger partial charge in [-0.25, -0.2) is 0 Å². The van der Waals surface area contributed by atoms with E-state index < -0.39 is 0 Å². The number of hydrogen-bond acceptors (Lipinski definition) is 2. The second-order valence-corrected chi connectivity index (χ2v) is 4.96. The molecule has 0 aliphatic carbocycles. The van der Waals surface area contributed by atoms with E-state index in [1.165, 1.54) is 6.42 Å². The van der Waals surface area contributed by atoms with Crippen LogP contribution in [0.4, 0.5) is 0 Å². The predicted molar refractivity (Wildman–Crippen MR) is 43.7 cm³/mol. The van der Waals surface area contributed by atoms with Gasteiger partial charge in [0.15, 0.2) is 5.78 Å². The minimum absolute atomic E-state index is 0.177. The van der Waals surface area contributed by atoms with Crippen LogP contribution in [0.15, 0.2) is 0 Å². The second-order valence-electron chi connectivity index (χ2n) is 2.95. The summed E-state index contributed by atoms with van der Waals surface area (Å²) >= 11 is 7.80. The van der Waals surface area contributed by atoms with E-state index in [4.69, 9.17) is 11.6 Å². The fourth-order valence-electron chi connectivity index (χ4n) is 1.64. The zero-order valence-electron chi connectivity index (χ0n) is 5.55. The lowest BCUT2D eigenvalue weighted by atomic mass is 10.2. The van der Waals surface area contributed by atoms with Gasteiger partial charge in [-0.1, -0.05) is 0 Å². The molecule has 0 spiro atoms. The van der Waals surface area contributed by atoms with Gasteiger partial charge in [0.25, 0.3) is 0 Å². The second kappa shape index (κ2) is 2.42. The highest BCUT2D eigenvalue weighted by Crippen LogP contribution is 2.43. The normalized spacial score (nSPS) is 46.1. The van der Waals surface area contributed by atoms with Crippen molar-refractivity contribution in [3.63, 3.8) is 0 Å². The van der Waals surface area contributed by atoms with Crippen molar-refractivity contribution in [1.29, 1.82) is 0 Å². The predicted octanol–water partition coefficient (Wildman–Crippen LogP) is 1.83. The lowest BCUT2D eigenvalue weighted by Crippen LogP contribution is -2.29. The number of rotatable bonds is 0. The van der Waals surface area contributed by atoms with Gasteiger partial charge in [0.2, 0.25) is 0 Å². The molecule has 0 radical (unpaired) electrons. The maximum atomic E-state index is 11.1. The largest absolute Gasteiger partial charge is 0.298 e. The first-order valence-electron chi connectivity index (χ1n) is 3.59. The summed E-state index contributed by atoms with van der Waals surface area (Å²) in [4.78, 5) is 11.1. The van der Waals surface area contributed by atoms with Crippen LogP contribution in [0.1, 0.15) is 19.3 Å². The fraction of sp³-hybridized carbons (Fsp3) is 0.857. The monoisotopic (exact) mass is 176 g/mol. The first kappa shape index (κ1) is 6.99. The number of carbonyl (C=O) groups excluding carboxylic acids is 1. The zero-order chi connectivity index (χ0) is 7.14. The number of thioether (sulfide) groups is 1. The van der Waals surface area contributed by atoms with Crippen LogP contribution in [0.25, 0.3) is 0 Å². The summed E-state index contributed by atoms with van der Waals surface area (Å²) in [6, 6.07) is 0. The standard InChI is InChI=1S/C7H9ClOS/c8-7-5(9)3-4-1-2-6(7)10-4/h4,6-7H,1-3H2. The first-order valence-corrected chi connectivity index (χ1v) is 4.97. The summed E-state index contributed by atoms with van der Waals surface area (Å²) in [5, 5.41) is 0.865. The Kier molecular flexibility index (Phi) is 1.69. The van der Waals surface area contributed by atoms with Gasteiger partial charge >= 0.3 is 0 Å². The van der Waals surface area contributed by atoms with Crippen LogP contribution in [0, 0.1) is 0 Å². The summed E-state index contributed by atoms with van der Waals surface area (Å²) in [5.41, 5.74) is 0. The molecule has 10 heavy (non-hydrogen) atoms. The van der Waals surface area contributed by atoms with Gasteiger partial charge in [0, 0.05) is 16.9 Å². The SMILES string of the molecule is O=C1CC2CCC(S2)C1Cl. The fourth-order valence-corrected chi connectivity index (χ4v) is 3.63. The number of ketones is 1. The number of halogens is 1. The molecule has 2 aliphatic rings. The molecule has 2 saturated heterocycles. The van der Waals surface area contributed by atoms with E-state index in [9.17, 15) is 4.79 Å². The number of alkyl halides is 1. The molecule has 2 bridgehead atoms. The van der Waals surface area contributed by atoms with E-state index in [1.54, 1.807) is 0 Å². The lowest BCUT2D eigenvalue weighted by Gasteiger charge is -2.21. The molecule has 0 amide bonds. The number of Topliss-reactive ketones (excluding diaryl/α,β-unsaturated/α-hetero) is 1. The molecule has 3 atom stereocenters. The molecule has 2 aliphatic heterocycles. The van der Waals surface area contributed by atoms with Gasteiger partial charge in [0.05, 0.1) is 0 Å². The van der Waals surface area contributed by atoms with Gasteiger partial charge in [-0.3, -0.25) is 4.79 Å². The Balaban J connectivity index is 2.17. The average molecular weight is 177 g/mol. The summed E-state index contributed by atoms with van der Waals surface area (Å²) in [6.45, 7) is 0. The molecule has 2 rings (SSSR count). The molecule has 0 aromatic heterocycles. The quantitative estimate of drug-likeness (QED) is 0.524. The molecular formula is C7H9ClOS. The van der Waals surface area contributed by atoms with Gasteiger partial charge in [-0.2, -0.15) is 11.8 Å². The van der Waals surface area contributed by atoms with Crippen LogP contribution in [0.3, 0.4) is 0 Å². The van der Waals surface area contributed by atoms with Crippen molar-refractivity contribution in [2.45, 2.75) is 35.1 Å². The van der Waals surface area contributed by atoms with E-state index in [0.29, 0.717) is 10.5 Å². The van der Waals surface area contributed by atoms with Gasteiger partial charge in [-0.05, 0) is 12.8 Å². The summed E-state index contributed by atoms with van der Waals surface area (Å²) < 4.78 is 0. The maximum Gasteiger partial charge on any atom is 0.152 e. The minimum atomic E-state index is -0.177. The average Bonchev–Trinajstić information content (AvgIpc) is 2.29. The van der Waals surface area contributed by atoms with Gasteiger partial charge in [-0.15, -0.1) is 11.6 Å². The molecule has 0 aromatic carbocycles. The van der Waals surface area contributed by atoms with E-state index in [-0.39, 0.29) is 11.2 Å². The smallest absolute Gasteiger partial charge is 0.152 e. The molecule has 2 heterocycles. The van der Waals surface area contributed by atoms with E-state index >= 15 is 0 Å². The Morgan fingerprint density at radius 1 is 1.50 bits per heavy atom. The van der Waals surface area contributed by atoms with Crippen LogP contribution in [0.5, 0.6) is 0 Å². The Labute approximate surface area is 69.5 Å². The Morgan fingerprint density at radius 2 is 2.30 bits per heavy atom. The molecular weight excluding hydrogens is 168 g/mol. The molecule has 0 N–H and O–H groups in total. The van der Waals surface area contributed by atoms with Crippen LogP contribution >= 0.6 is 23.4 Å². The first-order chi connectivity index (χ1) is 4.77. The lowest BCUT2D eigenvalue weighted by molar-refractivity contribution is -0.118. The molecule has 0 saturated carbocycles. The number of hydrogen-bond donors (Lipinski definition) is 0. The molecule has 0 aromatic rings. The molecule has 3 heteroatoms. The van der Waals surface area contributed by atoms with Gasteiger partial charge in [0.1, 0.15) is 5.38 Å². The van der Waals surface area contributed by atoms with Crippen LogP contribution in [-0.4, -0.2) is 21.7 Å². The van der Waals surface area contributed by atoms with Crippen molar-refractivity contribution in [3.8, 4) is 0 Å². The highest BCUT2D eigenvalue weighted by molar-refractivity contribution is 8.01.